The van der Waals surface area contributed by atoms with Crippen LogP contribution < -0.4 is 14.2 Å². The summed E-state index contributed by atoms with van der Waals surface area (Å²) in [5, 5.41) is 29.9. The van der Waals surface area contributed by atoms with Crippen LogP contribution in [-0.2, 0) is 4.79 Å². The molecule has 0 amide bonds. The highest BCUT2D eigenvalue weighted by Crippen LogP contribution is 2.46. The summed E-state index contributed by atoms with van der Waals surface area (Å²) in [6.07, 6.45) is 6.83. The van der Waals surface area contributed by atoms with Gasteiger partial charge >= 0.3 is 5.97 Å². The molecule has 1 aromatic rings. The van der Waals surface area contributed by atoms with Gasteiger partial charge in [-0.25, -0.2) is 4.79 Å². The maximum absolute atomic E-state index is 10.8. The van der Waals surface area contributed by atoms with Crippen molar-refractivity contribution >= 4 is 5.97 Å². The SMILES string of the molecule is CC(C)=CCCC(C)CC(O)C=CC1C(O)CC2Oc3c(OCC(=O)O)cccc3OC21. The van der Waals surface area contributed by atoms with Gasteiger partial charge in [0.05, 0.1) is 12.2 Å². The number of carboxylic acids is 1. The first-order valence-electron chi connectivity index (χ1n) is 11.2. The van der Waals surface area contributed by atoms with Gasteiger partial charge in [-0.2, -0.15) is 0 Å². The van der Waals surface area contributed by atoms with Crippen molar-refractivity contribution in [2.24, 2.45) is 11.8 Å². The summed E-state index contributed by atoms with van der Waals surface area (Å²) in [6.45, 7) is 5.82. The van der Waals surface area contributed by atoms with Gasteiger partial charge in [-0.1, -0.05) is 36.8 Å². The summed E-state index contributed by atoms with van der Waals surface area (Å²) in [5.74, 6) is 0.106. The minimum absolute atomic E-state index is 0.300. The number of benzene rings is 1. The van der Waals surface area contributed by atoms with E-state index >= 15 is 0 Å². The molecule has 0 radical (unpaired) electrons. The van der Waals surface area contributed by atoms with Crippen molar-refractivity contribution in [1.82, 2.24) is 0 Å². The van der Waals surface area contributed by atoms with Crippen molar-refractivity contribution in [3.63, 3.8) is 0 Å². The zero-order valence-electron chi connectivity index (χ0n) is 18.9. The third-order valence-corrected chi connectivity index (χ3v) is 5.90. The fourth-order valence-electron chi connectivity index (χ4n) is 4.28. The second kappa shape index (κ2) is 10.9. The van der Waals surface area contributed by atoms with Gasteiger partial charge < -0.3 is 29.5 Å². The smallest absolute Gasteiger partial charge is 0.341 e. The van der Waals surface area contributed by atoms with Gasteiger partial charge in [-0.15, -0.1) is 0 Å². The number of para-hydroxylation sites is 1. The molecular formula is C25H34O7. The van der Waals surface area contributed by atoms with Gasteiger partial charge in [0.2, 0.25) is 5.75 Å². The molecule has 0 spiro atoms. The van der Waals surface area contributed by atoms with Gasteiger partial charge in [0.1, 0.15) is 12.2 Å². The van der Waals surface area contributed by atoms with Crippen molar-refractivity contribution in [1.29, 1.82) is 0 Å². The van der Waals surface area contributed by atoms with E-state index in [-0.39, 0.29) is 12.0 Å². The van der Waals surface area contributed by atoms with Crippen LogP contribution in [-0.4, -0.2) is 52.3 Å². The van der Waals surface area contributed by atoms with Gasteiger partial charge in [0, 0.05) is 12.3 Å². The normalized spacial score (nSPS) is 25.8. The molecule has 2 aliphatic rings. The molecule has 7 nitrogen and oxygen atoms in total. The first-order valence-corrected chi connectivity index (χ1v) is 11.2. The van der Waals surface area contributed by atoms with Crippen molar-refractivity contribution in [3.8, 4) is 17.2 Å². The summed E-state index contributed by atoms with van der Waals surface area (Å²) in [6, 6.07) is 5.06. The van der Waals surface area contributed by atoms with E-state index in [0.29, 0.717) is 36.0 Å². The van der Waals surface area contributed by atoms with E-state index in [1.807, 2.05) is 6.08 Å². The lowest BCUT2D eigenvalue weighted by molar-refractivity contribution is -0.139. The highest BCUT2D eigenvalue weighted by atomic mass is 16.6. The van der Waals surface area contributed by atoms with Crippen LogP contribution in [0.3, 0.4) is 0 Å². The molecule has 176 valence electrons. The number of aliphatic hydroxyl groups is 2. The lowest BCUT2D eigenvalue weighted by Gasteiger charge is -2.32. The van der Waals surface area contributed by atoms with E-state index in [4.69, 9.17) is 19.3 Å². The van der Waals surface area contributed by atoms with Crippen LogP contribution in [0.4, 0.5) is 0 Å². The topological polar surface area (TPSA) is 105 Å². The number of allylic oxidation sites excluding steroid dienone is 2. The Morgan fingerprint density at radius 2 is 2.09 bits per heavy atom. The summed E-state index contributed by atoms with van der Waals surface area (Å²) in [4.78, 5) is 10.8. The molecule has 32 heavy (non-hydrogen) atoms. The van der Waals surface area contributed by atoms with Crippen LogP contribution in [0, 0.1) is 11.8 Å². The molecule has 1 aromatic carbocycles. The van der Waals surface area contributed by atoms with E-state index < -0.39 is 30.9 Å². The number of aliphatic hydroxyl groups excluding tert-OH is 2. The molecule has 1 fully saturated rings. The monoisotopic (exact) mass is 446 g/mol. The van der Waals surface area contributed by atoms with E-state index in [1.54, 1.807) is 24.3 Å². The highest BCUT2D eigenvalue weighted by molar-refractivity contribution is 5.68. The van der Waals surface area contributed by atoms with Crippen LogP contribution in [0.1, 0.15) is 46.5 Å². The Morgan fingerprint density at radius 1 is 1.31 bits per heavy atom. The van der Waals surface area contributed by atoms with Crippen molar-refractivity contribution in [3.05, 3.63) is 42.0 Å². The second-order valence-electron chi connectivity index (χ2n) is 9.04. The second-order valence-corrected chi connectivity index (χ2v) is 9.04. The van der Waals surface area contributed by atoms with Crippen molar-refractivity contribution in [2.45, 2.75) is 70.9 Å². The summed E-state index contributed by atoms with van der Waals surface area (Å²) in [7, 11) is 0. The Morgan fingerprint density at radius 3 is 2.81 bits per heavy atom. The molecule has 3 N–H and O–H groups in total. The molecule has 6 atom stereocenters. The van der Waals surface area contributed by atoms with E-state index in [0.717, 1.165) is 12.8 Å². The average molecular weight is 447 g/mol. The van der Waals surface area contributed by atoms with Gasteiger partial charge in [-0.3, -0.25) is 0 Å². The Labute approximate surface area is 189 Å². The minimum Gasteiger partial charge on any atom is -0.482 e. The molecule has 1 aliphatic carbocycles. The molecular weight excluding hydrogens is 412 g/mol. The van der Waals surface area contributed by atoms with Crippen LogP contribution in [0.2, 0.25) is 0 Å². The fourth-order valence-corrected chi connectivity index (χ4v) is 4.28. The molecule has 0 bridgehead atoms. The third kappa shape index (κ3) is 6.26. The lowest BCUT2D eigenvalue weighted by atomic mass is 9.95. The zero-order chi connectivity index (χ0) is 23.3. The zero-order valence-corrected chi connectivity index (χ0v) is 18.9. The Hall–Kier alpha value is -2.51. The number of carboxylic acid groups (broad SMARTS) is 1. The lowest BCUT2D eigenvalue weighted by Crippen LogP contribution is -2.39. The van der Waals surface area contributed by atoms with Crippen LogP contribution in [0.25, 0.3) is 0 Å². The Balaban J connectivity index is 1.61. The summed E-state index contributed by atoms with van der Waals surface area (Å²) in [5.41, 5.74) is 1.30. The number of fused-ring (bicyclic) bond motifs is 2. The van der Waals surface area contributed by atoms with E-state index in [2.05, 4.69) is 26.8 Å². The first kappa shape index (κ1) is 24.1. The molecule has 6 unspecified atom stereocenters. The molecule has 1 heterocycles. The summed E-state index contributed by atoms with van der Waals surface area (Å²) < 4.78 is 17.5. The van der Waals surface area contributed by atoms with E-state index in [9.17, 15) is 15.0 Å². The van der Waals surface area contributed by atoms with Crippen LogP contribution in [0.15, 0.2) is 42.0 Å². The quantitative estimate of drug-likeness (QED) is 0.470. The van der Waals surface area contributed by atoms with Crippen LogP contribution >= 0.6 is 0 Å². The Kier molecular flexibility index (Phi) is 8.21. The number of ether oxygens (including phenoxy) is 3. The molecule has 1 aliphatic heterocycles. The molecule has 1 saturated carbocycles. The number of hydrogen-bond donors (Lipinski definition) is 3. The standard InChI is InChI=1S/C25H34O7/c1-15(2)6-4-7-16(3)12-17(26)10-11-18-19(27)13-22-24(18)31-21-9-5-8-20(25(21)32-22)30-14-23(28)29/h5-6,8-11,16-19,22,24,26-27H,4,7,12-14H2,1-3H3,(H,28,29). The van der Waals surface area contributed by atoms with Gasteiger partial charge in [0.15, 0.2) is 18.1 Å². The number of aliphatic carboxylic acids is 1. The largest absolute Gasteiger partial charge is 0.482 e. The first-order chi connectivity index (χ1) is 15.2. The number of carbonyl (C=O) groups is 1. The molecule has 0 saturated heterocycles. The fraction of sp³-hybridized carbons (Fsp3) is 0.560. The molecule has 7 heteroatoms. The highest BCUT2D eigenvalue weighted by Gasteiger charge is 2.47. The maximum Gasteiger partial charge on any atom is 0.341 e. The Bertz CT molecular complexity index is 843. The maximum atomic E-state index is 10.8. The third-order valence-electron chi connectivity index (χ3n) is 5.90. The predicted octanol–water partition coefficient (Wildman–Crippen LogP) is 3.73. The van der Waals surface area contributed by atoms with Gasteiger partial charge in [0.25, 0.3) is 0 Å². The minimum atomic E-state index is -1.08. The van der Waals surface area contributed by atoms with Crippen LogP contribution in [0.5, 0.6) is 17.2 Å². The summed E-state index contributed by atoms with van der Waals surface area (Å²) >= 11 is 0. The molecule has 0 aromatic heterocycles. The van der Waals surface area contributed by atoms with E-state index in [1.165, 1.54) is 5.57 Å². The van der Waals surface area contributed by atoms with Crippen molar-refractivity contribution in [2.75, 3.05) is 6.61 Å². The number of rotatable bonds is 10. The van der Waals surface area contributed by atoms with Crippen molar-refractivity contribution < 1.29 is 34.3 Å². The average Bonchev–Trinajstić information content (AvgIpc) is 3.02. The molecule has 3 rings (SSSR count). The number of hydrogen-bond acceptors (Lipinski definition) is 6. The van der Waals surface area contributed by atoms with Gasteiger partial charge in [-0.05, 0) is 51.2 Å². The predicted molar refractivity (Wildman–Crippen MR) is 120 cm³/mol.